The minimum atomic E-state index is -0.210. The maximum absolute atomic E-state index is 12.9. The molecule has 0 saturated carbocycles. The summed E-state index contributed by atoms with van der Waals surface area (Å²) < 4.78 is 12.9. The van der Waals surface area contributed by atoms with E-state index in [4.69, 9.17) is 5.73 Å². The molecule has 3 heteroatoms. The molecule has 0 radical (unpaired) electrons. The largest absolute Gasteiger partial charge is 0.323 e. The summed E-state index contributed by atoms with van der Waals surface area (Å²) in [6.45, 7) is 0. The summed E-state index contributed by atoms with van der Waals surface area (Å²) in [5.41, 5.74) is 7.40. The average molecular weight is 297 g/mol. The molecule has 3 aromatic carbocycles. The number of hydrogen-bond donors (Lipinski definition) is 1. The van der Waals surface area contributed by atoms with Crippen molar-refractivity contribution in [2.75, 3.05) is 5.75 Å². The Morgan fingerprint density at radius 3 is 2.38 bits per heavy atom. The van der Waals surface area contributed by atoms with Crippen molar-refractivity contribution in [3.05, 3.63) is 78.1 Å². The summed E-state index contributed by atoms with van der Waals surface area (Å²) in [5.74, 6) is 0.558. The highest BCUT2D eigenvalue weighted by Gasteiger charge is 2.07. The van der Waals surface area contributed by atoms with Gasteiger partial charge >= 0.3 is 0 Å². The molecule has 0 aliphatic rings. The second kappa shape index (κ2) is 6.29. The lowest BCUT2D eigenvalue weighted by molar-refractivity contribution is 0.626. The summed E-state index contributed by atoms with van der Waals surface area (Å²) in [5, 5.41) is 2.43. The first kappa shape index (κ1) is 14.1. The van der Waals surface area contributed by atoms with Crippen molar-refractivity contribution >= 4 is 22.5 Å². The fourth-order valence-electron chi connectivity index (χ4n) is 2.25. The van der Waals surface area contributed by atoms with E-state index >= 15 is 0 Å². The molecule has 106 valence electrons. The van der Waals surface area contributed by atoms with Crippen LogP contribution in [0.4, 0.5) is 4.39 Å². The van der Waals surface area contributed by atoms with Crippen LogP contribution in [0.5, 0.6) is 0 Å². The minimum Gasteiger partial charge on any atom is -0.323 e. The van der Waals surface area contributed by atoms with E-state index in [1.54, 1.807) is 23.9 Å². The molecule has 1 atom stereocenters. The van der Waals surface area contributed by atoms with Gasteiger partial charge in [0.25, 0.3) is 0 Å². The van der Waals surface area contributed by atoms with E-state index in [0.29, 0.717) is 0 Å². The van der Waals surface area contributed by atoms with Gasteiger partial charge in [0, 0.05) is 16.7 Å². The first-order valence-electron chi connectivity index (χ1n) is 6.85. The molecule has 3 rings (SSSR count). The number of halogens is 1. The maximum Gasteiger partial charge on any atom is 0.123 e. The summed E-state index contributed by atoms with van der Waals surface area (Å²) in [6, 6.07) is 21.1. The molecule has 1 nitrogen and oxygen atoms in total. The molecule has 0 heterocycles. The summed E-state index contributed by atoms with van der Waals surface area (Å²) in [6.07, 6.45) is 0. The zero-order chi connectivity index (χ0) is 14.7. The molecule has 2 N–H and O–H groups in total. The Bertz CT molecular complexity index is 740. The Hall–Kier alpha value is -1.84. The van der Waals surface area contributed by atoms with Gasteiger partial charge in [-0.2, -0.15) is 0 Å². The molecule has 21 heavy (non-hydrogen) atoms. The molecular formula is C18H16FNS. The van der Waals surface area contributed by atoms with Crippen molar-refractivity contribution in [3.8, 4) is 0 Å². The van der Waals surface area contributed by atoms with Gasteiger partial charge in [0.05, 0.1) is 0 Å². The van der Waals surface area contributed by atoms with E-state index in [1.165, 1.54) is 22.9 Å². The maximum atomic E-state index is 12.9. The molecule has 0 amide bonds. The number of nitrogens with two attached hydrogens (primary N) is 1. The molecule has 0 bridgehead atoms. The topological polar surface area (TPSA) is 26.0 Å². The van der Waals surface area contributed by atoms with Crippen LogP contribution in [-0.4, -0.2) is 5.75 Å². The quantitative estimate of drug-likeness (QED) is 0.702. The van der Waals surface area contributed by atoms with Gasteiger partial charge in [0.2, 0.25) is 0 Å². The minimum absolute atomic E-state index is 0.0374. The lowest BCUT2D eigenvalue weighted by Crippen LogP contribution is -2.12. The summed E-state index contributed by atoms with van der Waals surface area (Å²) >= 11 is 1.65. The first-order chi connectivity index (χ1) is 10.2. The van der Waals surface area contributed by atoms with Crippen LogP contribution >= 0.6 is 11.8 Å². The molecule has 0 saturated heterocycles. The summed E-state index contributed by atoms with van der Waals surface area (Å²) in [7, 11) is 0. The Kier molecular flexibility index (Phi) is 4.23. The lowest BCUT2D eigenvalue weighted by atomic mass is 10.0. The van der Waals surface area contributed by atoms with Gasteiger partial charge in [-0.05, 0) is 46.7 Å². The standard InChI is InChI=1S/C18H16FNS/c19-16-7-9-17(10-8-16)21-12-18(20)15-6-5-13-3-1-2-4-14(13)11-15/h1-11,18H,12,20H2. The van der Waals surface area contributed by atoms with E-state index < -0.39 is 0 Å². The van der Waals surface area contributed by atoms with E-state index in [1.807, 2.05) is 12.1 Å². The van der Waals surface area contributed by atoms with Crippen molar-refractivity contribution < 1.29 is 4.39 Å². The van der Waals surface area contributed by atoms with Gasteiger partial charge in [-0.3, -0.25) is 0 Å². The van der Waals surface area contributed by atoms with E-state index in [-0.39, 0.29) is 11.9 Å². The molecule has 0 aromatic heterocycles. The third-order valence-corrected chi connectivity index (χ3v) is 4.58. The number of hydrogen-bond acceptors (Lipinski definition) is 2. The van der Waals surface area contributed by atoms with E-state index in [2.05, 4.69) is 30.3 Å². The van der Waals surface area contributed by atoms with Crippen LogP contribution in [0.1, 0.15) is 11.6 Å². The smallest absolute Gasteiger partial charge is 0.123 e. The Morgan fingerprint density at radius 2 is 1.62 bits per heavy atom. The molecule has 3 aromatic rings. The predicted molar refractivity (Wildman–Crippen MR) is 88.0 cm³/mol. The lowest BCUT2D eigenvalue weighted by Gasteiger charge is -2.12. The zero-order valence-electron chi connectivity index (χ0n) is 11.5. The van der Waals surface area contributed by atoms with Gasteiger partial charge in [0.1, 0.15) is 5.82 Å². The number of rotatable bonds is 4. The molecule has 0 aliphatic carbocycles. The van der Waals surface area contributed by atoms with Gasteiger partial charge < -0.3 is 5.73 Å². The fourth-order valence-corrected chi connectivity index (χ4v) is 3.14. The van der Waals surface area contributed by atoms with Crippen molar-refractivity contribution in [1.29, 1.82) is 0 Å². The SMILES string of the molecule is NC(CSc1ccc(F)cc1)c1ccc2ccccc2c1. The van der Waals surface area contributed by atoms with Crippen LogP contribution in [0, 0.1) is 5.82 Å². The van der Waals surface area contributed by atoms with Crippen molar-refractivity contribution in [3.63, 3.8) is 0 Å². The second-order valence-corrected chi connectivity index (χ2v) is 6.07. The molecular weight excluding hydrogens is 281 g/mol. The normalized spacial score (nSPS) is 12.5. The highest BCUT2D eigenvalue weighted by molar-refractivity contribution is 7.99. The van der Waals surface area contributed by atoms with Crippen molar-refractivity contribution in [1.82, 2.24) is 0 Å². The monoisotopic (exact) mass is 297 g/mol. The molecule has 1 unspecified atom stereocenters. The number of fused-ring (bicyclic) bond motifs is 1. The van der Waals surface area contributed by atoms with Crippen LogP contribution in [0.2, 0.25) is 0 Å². The van der Waals surface area contributed by atoms with Crippen LogP contribution < -0.4 is 5.73 Å². The van der Waals surface area contributed by atoms with Crippen LogP contribution in [-0.2, 0) is 0 Å². The van der Waals surface area contributed by atoms with Crippen LogP contribution in [0.3, 0.4) is 0 Å². The van der Waals surface area contributed by atoms with Gasteiger partial charge in [0.15, 0.2) is 0 Å². The fraction of sp³-hybridized carbons (Fsp3) is 0.111. The molecule has 0 spiro atoms. The van der Waals surface area contributed by atoms with Crippen molar-refractivity contribution in [2.24, 2.45) is 5.73 Å². The van der Waals surface area contributed by atoms with Gasteiger partial charge in [-0.15, -0.1) is 11.8 Å². The zero-order valence-corrected chi connectivity index (χ0v) is 12.3. The predicted octanol–water partition coefficient (Wildman–Crippen LogP) is 4.77. The third kappa shape index (κ3) is 3.43. The van der Waals surface area contributed by atoms with E-state index in [0.717, 1.165) is 16.2 Å². The van der Waals surface area contributed by atoms with Gasteiger partial charge in [-0.25, -0.2) is 4.39 Å². The van der Waals surface area contributed by atoms with Gasteiger partial charge in [-0.1, -0.05) is 36.4 Å². The molecule has 0 fully saturated rings. The Labute approximate surface area is 128 Å². The Morgan fingerprint density at radius 1 is 0.905 bits per heavy atom. The highest BCUT2D eigenvalue weighted by Crippen LogP contribution is 2.25. The second-order valence-electron chi connectivity index (χ2n) is 4.98. The average Bonchev–Trinajstić information content (AvgIpc) is 2.53. The van der Waals surface area contributed by atoms with Crippen LogP contribution in [0.25, 0.3) is 10.8 Å². The van der Waals surface area contributed by atoms with Crippen LogP contribution in [0.15, 0.2) is 71.6 Å². The number of benzene rings is 3. The van der Waals surface area contributed by atoms with Crippen molar-refractivity contribution in [2.45, 2.75) is 10.9 Å². The third-order valence-electron chi connectivity index (χ3n) is 3.44. The summed E-state index contributed by atoms with van der Waals surface area (Å²) in [4.78, 5) is 1.03. The van der Waals surface area contributed by atoms with E-state index in [9.17, 15) is 4.39 Å². The Balaban J connectivity index is 1.71. The molecule has 0 aliphatic heterocycles. The first-order valence-corrected chi connectivity index (χ1v) is 7.83. The number of thioether (sulfide) groups is 1. The highest BCUT2D eigenvalue weighted by atomic mass is 32.2.